The number of ether oxygens (including phenoxy) is 1. The highest BCUT2D eigenvalue weighted by molar-refractivity contribution is 7.15. The lowest BCUT2D eigenvalue weighted by Gasteiger charge is -2.30. The molecule has 0 aliphatic carbocycles. The Labute approximate surface area is 106 Å². The van der Waals surface area contributed by atoms with E-state index in [0.29, 0.717) is 0 Å². The molecule has 4 nitrogen and oxygen atoms in total. The maximum absolute atomic E-state index is 11.4. The lowest BCUT2D eigenvalue weighted by molar-refractivity contribution is -0.146. The summed E-state index contributed by atoms with van der Waals surface area (Å²) in [5, 5.41) is 1.09. The van der Waals surface area contributed by atoms with Gasteiger partial charge in [0.1, 0.15) is 0 Å². The van der Waals surface area contributed by atoms with E-state index in [2.05, 4.69) is 16.8 Å². The van der Waals surface area contributed by atoms with Crippen LogP contribution in [0.3, 0.4) is 0 Å². The molecule has 1 aliphatic rings. The fourth-order valence-electron chi connectivity index (χ4n) is 2.06. The molecule has 1 saturated heterocycles. The summed E-state index contributed by atoms with van der Waals surface area (Å²) in [6.45, 7) is 5.92. The van der Waals surface area contributed by atoms with Crippen molar-refractivity contribution in [1.82, 2.24) is 4.98 Å². The molecule has 5 heteroatoms. The van der Waals surface area contributed by atoms with E-state index in [9.17, 15) is 4.79 Å². The number of carbonyl (C=O) groups excluding carboxylic acids is 1. The predicted octanol–water partition coefficient (Wildman–Crippen LogP) is 2.15. The monoisotopic (exact) mass is 254 g/mol. The highest BCUT2D eigenvalue weighted by atomic mass is 32.1. The van der Waals surface area contributed by atoms with Crippen LogP contribution in [0.15, 0.2) is 0 Å². The van der Waals surface area contributed by atoms with Gasteiger partial charge in [-0.05, 0) is 26.7 Å². The lowest BCUT2D eigenvalue weighted by atomic mass is 9.97. The van der Waals surface area contributed by atoms with E-state index in [1.54, 1.807) is 11.3 Å². The third-order valence-corrected chi connectivity index (χ3v) is 4.45. The van der Waals surface area contributed by atoms with Crippen LogP contribution in [0.4, 0.5) is 5.13 Å². The van der Waals surface area contributed by atoms with Gasteiger partial charge in [-0.15, -0.1) is 11.3 Å². The fourth-order valence-corrected chi connectivity index (χ4v) is 3.03. The van der Waals surface area contributed by atoms with E-state index in [1.165, 1.54) is 12.0 Å². The zero-order valence-electron chi connectivity index (χ0n) is 10.5. The Morgan fingerprint density at radius 2 is 2.06 bits per heavy atom. The minimum atomic E-state index is -0.0730. The summed E-state index contributed by atoms with van der Waals surface area (Å²) in [6.07, 6.45) is 1.73. The Morgan fingerprint density at radius 3 is 2.53 bits per heavy atom. The fraction of sp³-hybridized carbons (Fsp3) is 0.667. The maximum Gasteiger partial charge on any atom is 0.308 e. The van der Waals surface area contributed by atoms with Crippen molar-refractivity contribution in [2.75, 3.05) is 25.1 Å². The minimum absolute atomic E-state index is 0.0680. The van der Waals surface area contributed by atoms with Crippen LogP contribution in [0.25, 0.3) is 0 Å². The molecule has 0 unspecified atom stereocenters. The topological polar surface area (TPSA) is 42.4 Å². The molecule has 0 saturated carbocycles. The van der Waals surface area contributed by atoms with Gasteiger partial charge in [0.2, 0.25) is 0 Å². The van der Waals surface area contributed by atoms with Crippen LogP contribution in [0.5, 0.6) is 0 Å². The molecule has 2 rings (SSSR count). The molecule has 17 heavy (non-hydrogen) atoms. The average Bonchev–Trinajstić information content (AvgIpc) is 2.69. The van der Waals surface area contributed by atoms with Crippen LogP contribution >= 0.6 is 11.3 Å². The van der Waals surface area contributed by atoms with Crippen molar-refractivity contribution in [3.8, 4) is 0 Å². The molecule has 1 aliphatic heterocycles. The molecule has 0 aromatic carbocycles. The Morgan fingerprint density at radius 1 is 1.41 bits per heavy atom. The van der Waals surface area contributed by atoms with E-state index >= 15 is 0 Å². The van der Waals surface area contributed by atoms with Gasteiger partial charge in [0.15, 0.2) is 5.13 Å². The van der Waals surface area contributed by atoms with Crippen molar-refractivity contribution in [3.05, 3.63) is 10.6 Å². The van der Waals surface area contributed by atoms with Gasteiger partial charge in [0.05, 0.1) is 18.7 Å². The van der Waals surface area contributed by atoms with Gasteiger partial charge in [0.25, 0.3) is 0 Å². The normalized spacial score (nSPS) is 17.2. The second-order valence-corrected chi connectivity index (χ2v) is 5.60. The largest absolute Gasteiger partial charge is 0.469 e. The van der Waals surface area contributed by atoms with E-state index in [1.807, 2.05) is 6.92 Å². The molecule has 0 spiro atoms. The predicted molar refractivity (Wildman–Crippen MR) is 68.5 cm³/mol. The third-order valence-electron chi connectivity index (χ3n) is 3.32. The number of hydrogen-bond donors (Lipinski definition) is 0. The first kappa shape index (κ1) is 12.4. The number of piperidine rings is 1. The number of carbonyl (C=O) groups is 1. The van der Waals surface area contributed by atoms with Crippen LogP contribution in [0.1, 0.15) is 23.4 Å². The summed E-state index contributed by atoms with van der Waals surface area (Å²) in [7, 11) is 1.46. The van der Waals surface area contributed by atoms with E-state index in [0.717, 1.165) is 36.8 Å². The van der Waals surface area contributed by atoms with Crippen LogP contribution in [-0.4, -0.2) is 31.2 Å². The second kappa shape index (κ2) is 5.04. The molecule has 0 N–H and O–H groups in total. The van der Waals surface area contributed by atoms with Crippen LogP contribution in [-0.2, 0) is 9.53 Å². The number of nitrogens with zero attached hydrogens (tertiary/aromatic N) is 2. The number of aromatic nitrogens is 1. The minimum Gasteiger partial charge on any atom is -0.469 e. The van der Waals surface area contributed by atoms with E-state index < -0.39 is 0 Å². The lowest BCUT2D eigenvalue weighted by Crippen LogP contribution is -2.36. The molecule has 1 aromatic heterocycles. The summed E-state index contributed by atoms with van der Waals surface area (Å²) in [6, 6.07) is 0. The van der Waals surface area contributed by atoms with Gasteiger partial charge in [-0.2, -0.15) is 0 Å². The third kappa shape index (κ3) is 2.60. The number of esters is 1. The number of rotatable bonds is 2. The van der Waals surface area contributed by atoms with Crippen molar-refractivity contribution in [2.24, 2.45) is 5.92 Å². The quantitative estimate of drug-likeness (QED) is 0.758. The van der Waals surface area contributed by atoms with Crippen molar-refractivity contribution in [3.63, 3.8) is 0 Å². The first-order valence-corrected chi connectivity index (χ1v) is 6.70. The zero-order valence-corrected chi connectivity index (χ0v) is 11.3. The Bertz CT molecular complexity index is 389. The number of thiazole rings is 1. The van der Waals surface area contributed by atoms with Crippen molar-refractivity contribution >= 4 is 22.4 Å². The highest BCUT2D eigenvalue weighted by Gasteiger charge is 2.26. The SMILES string of the molecule is COC(=O)C1CCN(c2nc(C)c(C)s2)CC1. The van der Waals surface area contributed by atoms with Crippen LogP contribution in [0.2, 0.25) is 0 Å². The van der Waals surface area contributed by atoms with Gasteiger partial charge in [-0.25, -0.2) is 4.98 Å². The van der Waals surface area contributed by atoms with Crippen molar-refractivity contribution in [2.45, 2.75) is 26.7 Å². The first-order valence-electron chi connectivity index (χ1n) is 5.88. The molecule has 94 valence electrons. The molecule has 0 atom stereocenters. The van der Waals surface area contributed by atoms with Crippen molar-refractivity contribution in [1.29, 1.82) is 0 Å². The molecule has 2 heterocycles. The van der Waals surface area contributed by atoms with Gasteiger partial charge < -0.3 is 9.64 Å². The van der Waals surface area contributed by atoms with E-state index in [-0.39, 0.29) is 11.9 Å². The summed E-state index contributed by atoms with van der Waals surface area (Å²) >= 11 is 1.73. The summed E-state index contributed by atoms with van der Waals surface area (Å²) in [5.41, 5.74) is 1.11. The molecular weight excluding hydrogens is 236 g/mol. The standard InChI is InChI=1S/C12H18N2O2S/c1-8-9(2)17-12(13-8)14-6-4-10(5-7-14)11(15)16-3/h10H,4-7H2,1-3H3. The highest BCUT2D eigenvalue weighted by Crippen LogP contribution is 2.29. The number of anilines is 1. The second-order valence-electron chi connectivity index (χ2n) is 4.42. The van der Waals surface area contributed by atoms with Gasteiger partial charge in [0, 0.05) is 18.0 Å². The smallest absolute Gasteiger partial charge is 0.308 e. The maximum atomic E-state index is 11.4. The van der Waals surface area contributed by atoms with Gasteiger partial charge in [-0.1, -0.05) is 0 Å². The average molecular weight is 254 g/mol. The summed E-state index contributed by atoms with van der Waals surface area (Å²) in [4.78, 5) is 19.5. The van der Waals surface area contributed by atoms with Gasteiger partial charge in [-0.3, -0.25) is 4.79 Å². The zero-order chi connectivity index (χ0) is 12.4. The Kier molecular flexibility index (Phi) is 3.66. The molecule has 1 aromatic rings. The molecule has 1 fully saturated rings. The van der Waals surface area contributed by atoms with Crippen LogP contribution in [0, 0.1) is 19.8 Å². The van der Waals surface area contributed by atoms with E-state index in [4.69, 9.17) is 4.74 Å². The van der Waals surface area contributed by atoms with Crippen molar-refractivity contribution < 1.29 is 9.53 Å². The first-order chi connectivity index (χ1) is 8.11. The summed E-state index contributed by atoms with van der Waals surface area (Å²) < 4.78 is 4.78. The molecule has 0 radical (unpaired) electrons. The number of hydrogen-bond acceptors (Lipinski definition) is 5. The number of methoxy groups -OCH3 is 1. The molecular formula is C12H18N2O2S. The Balaban J connectivity index is 1.97. The van der Waals surface area contributed by atoms with Crippen LogP contribution < -0.4 is 4.90 Å². The molecule has 0 bridgehead atoms. The summed E-state index contributed by atoms with van der Waals surface area (Å²) in [5.74, 6) is -0.00504. The number of aryl methyl sites for hydroxylation is 2. The van der Waals surface area contributed by atoms with Gasteiger partial charge >= 0.3 is 5.97 Å². The molecule has 0 amide bonds. The Hall–Kier alpha value is -1.10.